The zero-order chi connectivity index (χ0) is 32.6. The monoisotopic (exact) mass is 682 g/mol. The van der Waals surface area contributed by atoms with Gasteiger partial charge < -0.3 is 10.2 Å². The standard InChI is InChI=1S/C31H33BrF2N8O3/c1-16-6-7-25(32)38-29(16)39-30(45)22-11-31(9-8-26(33)34)12-24(31)42(22)27(44)15-41-23-14-37-21(17(2)13-36-19(4)35-5)10-20(23)28(40-41)18(3)43/h6-7,10,13-14,22,24,26H,5,8-9,11-12,15H2,1-4H3,(H,38,39,45)/b17-13+,36-19?/t22-,24?,31-/m0/s1. The molecule has 2 amide bonds. The van der Waals surface area contributed by atoms with Crippen LogP contribution in [0.4, 0.5) is 14.6 Å². The summed E-state index contributed by atoms with van der Waals surface area (Å²) in [6, 6.07) is 4.03. The number of aromatic nitrogens is 4. The van der Waals surface area contributed by atoms with Gasteiger partial charge in [0.25, 0.3) is 0 Å². The normalized spacial score (nSPS) is 21.3. The molecule has 1 saturated heterocycles. The van der Waals surface area contributed by atoms with Crippen LogP contribution in [0.5, 0.6) is 0 Å². The molecule has 45 heavy (non-hydrogen) atoms. The molecule has 3 atom stereocenters. The molecular formula is C31H33BrF2N8O3. The molecule has 1 unspecified atom stereocenters. The number of Topliss-reactive ketones (excluding diaryl/α,β-unsaturated/α-hetero) is 1. The van der Waals surface area contributed by atoms with Gasteiger partial charge in [-0.3, -0.25) is 24.0 Å². The largest absolute Gasteiger partial charge is 0.325 e. The summed E-state index contributed by atoms with van der Waals surface area (Å²) in [6.07, 6.45) is 1.38. The number of nitrogens with zero attached hydrogens (tertiary/aromatic N) is 7. The second-order valence-corrected chi connectivity index (χ2v) is 12.4. The third-order valence-electron chi connectivity index (χ3n) is 8.51. The number of hydrogen-bond acceptors (Lipinski definition) is 7. The van der Waals surface area contributed by atoms with Crippen LogP contribution >= 0.6 is 15.9 Å². The van der Waals surface area contributed by atoms with E-state index in [1.807, 2.05) is 6.92 Å². The highest BCUT2D eigenvalue weighted by Gasteiger charge is 2.66. The van der Waals surface area contributed by atoms with Crippen molar-refractivity contribution < 1.29 is 23.2 Å². The average molecular weight is 684 g/mol. The number of pyridine rings is 2. The highest BCUT2D eigenvalue weighted by molar-refractivity contribution is 9.10. The minimum atomic E-state index is -2.48. The number of nitrogens with one attached hydrogen (secondary N) is 1. The Balaban J connectivity index is 1.45. The van der Waals surface area contributed by atoms with Crippen molar-refractivity contribution in [1.29, 1.82) is 0 Å². The topological polar surface area (TPSA) is 135 Å². The molecule has 1 aliphatic carbocycles. The van der Waals surface area contributed by atoms with Crippen LogP contribution in [0, 0.1) is 12.3 Å². The van der Waals surface area contributed by atoms with Crippen molar-refractivity contribution in [3.8, 4) is 0 Å². The van der Waals surface area contributed by atoms with Gasteiger partial charge in [0.1, 0.15) is 34.5 Å². The number of alkyl halides is 2. The SMILES string of the molecule is C=NC(C)=N/C=C(\C)c1cc2c(C(C)=O)nn(CC(=O)N3C4C[C@]4(CCC(F)F)C[C@H]3C(=O)Nc3nc(Br)ccc3C)c2cn1. The van der Waals surface area contributed by atoms with Crippen LogP contribution in [-0.2, 0) is 16.1 Å². The van der Waals surface area contributed by atoms with E-state index in [9.17, 15) is 23.2 Å². The number of ketones is 1. The third kappa shape index (κ3) is 6.60. The zero-order valence-electron chi connectivity index (χ0n) is 25.4. The highest BCUT2D eigenvalue weighted by Crippen LogP contribution is 2.62. The third-order valence-corrected chi connectivity index (χ3v) is 8.95. The lowest BCUT2D eigenvalue weighted by molar-refractivity contribution is -0.138. The summed E-state index contributed by atoms with van der Waals surface area (Å²) in [6.45, 7) is 9.88. The maximum Gasteiger partial charge on any atom is 0.248 e. The number of allylic oxidation sites excluding steroid dienone is 1. The maximum atomic E-state index is 14.0. The van der Waals surface area contributed by atoms with Crippen molar-refractivity contribution in [2.24, 2.45) is 15.4 Å². The Bertz CT molecular complexity index is 1770. The van der Waals surface area contributed by atoms with Crippen molar-refractivity contribution in [1.82, 2.24) is 24.6 Å². The van der Waals surface area contributed by atoms with Gasteiger partial charge in [0.15, 0.2) is 5.78 Å². The van der Waals surface area contributed by atoms with Crippen LogP contribution in [0.2, 0.25) is 0 Å². The summed E-state index contributed by atoms with van der Waals surface area (Å²) in [7, 11) is 0. The fraction of sp³-hybridized carbons (Fsp3) is 0.419. The minimum absolute atomic E-state index is 0.173. The van der Waals surface area contributed by atoms with Crippen LogP contribution in [0.15, 0.2) is 45.2 Å². The zero-order valence-corrected chi connectivity index (χ0v) is 26.9. The van der Waals surface area contributed by atoms with Crippen LogP contribution < -0.4 is 5.32 Å². The average Bonchev–Trinajstić information content (AvgIpc) is 3.42. The Labute approximate surface area is 267 Å². The van der Waals surface area contributed by atoms with E-state index in [0.717, 1.165) is 5.56 Å². The van der Waals surface area contributed by atoms with E-state index in [4.69, 9.17) is 0 Å². The number of carbonyl (C=O) groups is 3. The van der Waals surface area contributed by atoms with Crippen molar-refractivity contribution in [3.63, 3.8) is 0 Å². The molecule has 3 aromatic heterocycles. The summed E-state index contributed by atoms with van der Waals surface area (Å²) < 4.78 is 28.3. The van der Waals surface area contributed by atoms with E-state index in [1.54, 1.807) is 38.2 Å². The van der Waals surface area contributed by atoms with Crippen LogP contribution in [0.25, 0.3) is 16.5 Å². The Hall–Kier alpha value is -4.20. The lowest BCUT2D eigenvalue weighted by Gasteiger charge is -2.27. The molecule has 0 spiro atoms. The van der Waals surface area contributed by atoms with Gasteiger partial charge in [0.05, 0.1) is 17.4 Å². The van der Waals surface area contributed by atoms with Crippen molar-refractivity contribution in [3.05, 3.63) is 52.2 Å². The number of anilines is 1. The Morgan fingerprint density at radius 2 is 2.00 bits per heavy atom. The molecule has 0 radical (unpaired) electrons. The van der Waals surface area contributed by atoms with E-state index < -0.39 is 29.7 Å². The Kier molecular flexibility index (Phi) is 9.06. The molecule has 1 saturated carbocycles. The molecule has 2 aliphatic rings. The van der Waals surface area contributed by atoms with E-state index in [1.165, 1.54) is 22.7 Å². The van der Waals surface area contributed by atoms with E-state index in [-0.39, 0.29) is 43.3 Å². The van der Waals surface area contributed by atoms with Gasteiger partial charge in [0, 0.05) is 31.0 Å². The number of fused-ring (bicyclic) bond motifs is 2. The second kappa shape index (κ2) is 12.7. The van der Waals surface area contributed by atoms with E-state index in [0.29, 0.717) is 44.8 Å². The number of aryl methyl sites for hydroxylation is 1. The van der Waals surface area contributed by atoms with Crippen molar-refractivity contribution in [2.75, 3.05) is 5.32 Å². The van der Waals surface area contributed by atoms with Gasteiger partial charge in [-0.25, -0.2) is 23.7 Å². The summed E-state index contributed by atoms with van der Waals surface area (Å²) in [5.41, 5.74) is 2.10. The molecule has 236 valence electrons. The molecule has 1 aliphatic heterocycles. The molecule has 1 N–H and O–H groups in total. The first-order valence-electron chi connectivity index (χ1n) is 14.4. The van der Waals surface area contributed by atoms with Crippen molar-refractivity contribution >= 4 is 68.4 Å². The quantitative estimate of drug-likeness (QED) is 0.128. The maximum absolute atomic E-state index is 14.0. The number of likely N-dealkylation sites (tertiary alicyclic amines) is 1. The lowest BCUT2D eigenvalue weighted by Crippen LogP contribution is -2.47. The Morgan fingerprint density at radius 3 is 2.69 bits per heavy atom. The summed E-state index contributed by atoms with van der Waals surface area (Å²) in [5.74, 6) is -0.304. The molecule has 0 bridgehead atoms. The van der Waals surface area contributed by atoms with Crippen molar-refractivity contribution in [2.45, 2.75) is 78.4 Å². The molecule has 5 rings (SSSR count). The van der Waals surface area contributed by atoms with Gasteiger partial charge in [-0.15, -0.1) is 0 Å². The Morgan fingerprint density at radius 1 is 1.24 bits per heavy atom. The predicted molar refractivity (Wildman–Crippen MR) is 170 cm³/mol. The van der Waals surface area contributed by atoms with Gasteiger partial charge in [-0.1, -0.05) is 6.07 Å². The van der Waals surface area contributed by atoms with E-state index in [2.05, 4.69) is 53.0 Å². The predicted octanol–water partition coefficient (Wildman–Crippen LogP) is 5.62. The van der Waals surface area contributed by atoms with Crippen LogP contribution in [0.1, 0.15) is 68.2 Å². The number of aliphatic imine (C=N–C) groups is 2. The number of amidine groups is 1. The molecule has 3 aromatic rings. The molecule has 2 fully saturated rings. The van der Waals surface area contributed by atoms with Gasteiger partial charge >= 0.3 is 0 Å². The summed E-state index contributed by atoms with van der Waals surface area (Å²) >= 11 is 3.31. The smallest absolute Gasteiger partial charge is 0.248 e. The number of hydrogen-bond donors (Lipinski definition) is 1. The van der Waals surface area contributed by atoms with Crippen LogP contribution in [-0.4, -0.2) is 73.3 Å². The molecule has 14 heteroatoms. The summed E-state index contributed by atoms with van der Waals surface area (Å²) in [5, 5.41) is 7.80. The van der Waals surface area contributed by atoms with Gasteiger partial charge in [-0.05, 0) is 91.4 Å². The highest BCUT2D eigenvalue weighted by atomic mass is 79.9. The summed E-state index contributed by atoms with van der Waals surface area (Å²) in [4.78, 5) is 58.5. The van der Waals surface area contributed by atoms with Crippen LogP contribution in [0.3, 0.4) is 0 Å². The number of rotatable bonds is 10. The first-order valence-corrected chi connectivity index (χ1v) is 15.2. The molecular weight excluding hydrogens is 650 g/mol. The molecule has 4 heterocycles. The first-order chi connectivity index (χ1) is 21.3. The first kappa shape index (κ1) is 32.2. The number of carbonyl (C=O) groups excluding carboxylic acids is 3. The fourth-order valence-corrected chi connectivity index (χ4v) is 6.29. The van der Waals surface area contributed by atoms with Gasteiger partial charge in [0.2, 0.25) is 18.2 Å². The fourth-order valence-electron chi connectivity index (χ4n) is 5.98. The second-order valence-electron chi connectivity index (χ2n) is 11.6. The lowest BCUT2D eigenvalue weighted by atomic mass is 9.94. The number of amides is 2. The number of halogens is 3. The minimum Gasteiger partial charge on any atom is -0.325 e. The molecule has 0 aromatic carbocycles. The van der Waals surface area contributed by atoms with Gasteiger partial charge in [-0.2, -0.15) is 5.10 Å². The van der Waals surface area contributed by atoms with E-state index >= 15 is 0 Å². The molecule has 11 nitrogen and oxygen atoms in total. The number of piperidine rings is 1.